The lowest BCUT2D eigenvalue weighted by molar-refractivity contribution is -0.154. The van der Waals surface area contributed by atoms with Gasteiger partial charge in [-0.3, -0.25) is 4.90 Å². The molecule has 2 aromatic carbocycles. The fourth-order valence-corrected chi connectivity index (χ4v) is 3.22. The van der Waals surface area contributed by atoms with Crippen LogP contribution < -0.4 is 0 Å². The molecule has 136 valence electrons. The van der Waals surface area contributed by atoms with E-state index in [1.165, 1.54) is 4.90 Å². The van der Waals surface area contributed by atoms with Gasteiger partial charge in [-0.05, 0) is 31.9 Å². The zero-order valence-electron chi connectivity index (χ0n) is 15.2. The summed E-state index contributed by atoms with van der Waals surface area (Å²) in [7, 11) is 0. The van der Waals surface area contributed by atoms with Crippen LogP contribution in [0.15, 0.2) is 60.7 Å². The summed E-state index contributed by atoms with van der Waals surface area (Å²) in [5.41, 5.74) is 1.70. The predicted octanol–water partition coefficient (Wildman–Crippen LogP) is 4.26. The van der Waals surface area contributed by atoms with Crippen LogP contribution in [0.25, 0.3) is 0 Å². The molecule has 0 aliphatic carbocycles. The van der Waals surface area contributed by atoms with Crippen molar-refractivity contribution in [1.82, 2.24) is 4.90 Å². The van der Waals surface area contributed by atoms with E-state index >= 15 is 0 Å². The molecular weight excluding hydrogens is 330 g/mol. The molecule has 5 heteroatoms. The molecule has 3 rings (SSSR count). The third-order valence-electron chi connectivity index (χ3n) is 4.45. The highest BCUT2D eigenvalue weighted by Crippen LogP contribution is 2.38. The lowest BCUT2D eigenvalue weighted by Gasteiger charge is -2.29. The van der Waals surface area contributed by atoms with Crippen molar-refractivity contribution in [3.63, 3.8) is 0 Å². The number of nitrogens with zero attached hydrogens (tertiary/aromatic N) is 1. The number of rotatable bonds is 5. The van der Waals surface area contributed by atoms with E-state index in [9.17, 15) is 9.59 Å². The summed E-state index contributed by atoms with van der Waals surface area (Å²) in [4.78, 5) is 27.0. The van der Waals surface area contributed by atoms with Crippen LogP contribution in [0.1, 0.15) is 44.0 Å². The van der Waals surface area contributed by atoms with Crippen molar-refractivity contribution in [2.24, 2.45) is 0 Å². The van der Waals surface area contributed by atoms with Gasteiger partial charge in [0.05, 0.1) is 12.1 Å². The number of amides is 1. The van der Waals surface area contributed by atoms with Gasteiger partial charge < -0.3 is 9.47 Å². The second-order valence-corrected chi connectivity index (χ2v) is 6.64. The Labute approximate surface area is 153 Å². The van der Waals surface area contributed by atoms with E-state index in [0.717, 1.165) is 11.1 Å². The zero-order chi connectivity index (χ0) is 18.7. The maximum absolute atomic E-state index is 12.8. The Kier molecular flexibility index (Phi) is 5.26. The molecule has 0 saturated carbocycles. The molecule has 1 aliphatic rings. The van der Waals surface area contributed by atoms with E-state index in [-0.39, 0.29) is 12.1 Å². The highest BCUT2D eigenvalue weighted by atomic mass is 16.6. The van der Waals surface area contributed by atoms with Gasteiger partial charge in [-0.2, -0.15) is 0 Å². The number of hydrogen-bond donors (Lipinski definition) is 0. The largest absolute Gasteiger partial charge is 0.461 e. The van der Waals surface area contributed by atoms with Crippen molar-refractivity contribution in [3.8, 4) is 0 Å². The minimum atomic E-state index is -0.831. The van der Waals surface area contributed by atoms with E-state index in [1.54, 1.807) is 13.8 Å². The number of cyclic esters (lactones) is 1. The van der Waals surface area contributed by atoms with Crippen LogP contribution in [0.4, 0.5) is 4.79 Å². The molecule has 5 nitrogen and oxygen atoms in total. The molecule has 1 saturated heterocycles. The third kappa shape index (κ3) is 3.57. The molecular formula is C21H23NO4. The van der Waals surface area contributed by atoms with Crippen LogP contribution in [0, 0.1) is 0 Å². The molecule has 0 bridgehead atoms. The van der Waals surface area contributed by atoms with Crippen molar-refractivity contribution < 1.29 is 19.1 Å². The van der Waals surface area contributed by atoms with Crippen LogP contribution in [0.3, 0.4) is 0 Å². The van der Waals surface area contributed by atoms with Crippen molar-refractivity contribution in [2.45, 2.75) is 45.1 Å². The van der Waals surface area contributed by atoms with E-state index in [2.05, 4.69) is 0 Å². The minimum Gasteiger partial charge on any atom is -0.461 e. The Morgan fingerprint density at radius 2 is 1.58 bits per heavy atom. The summed E-state index contributed by atoms with van der Waals surface area (Å²) >= 11 is 0. The first-order valence-electron chi connectivity index (χ1n) is 8.78. The number of ether oxygens (including phenoxy) is 2. The Balaban J connectivity index is 1.98. The summed E-state index contributed by atoms with van der Waals surface area (Å²) in [5.74, 6) is -0.456. The number of hydrogen-bond acceptors (Lipinski definition) is 4. The van der Waals surface area contributed by atoms with Crippen molar-refractivity contribution in [2.75, 3.05) is 0 Å². The first kappa shape index (κ1) is 18.0. The SMILES string of the molecule is CC(C)OC(=O)C1C(c2ccccc2)OC(=O)N1[C@@H](C)c1ccccc1. The monoisotopic (exact) mass is 353 g/mol. The highest BCUT2D eigenvalue weighted by molar-refractivity contribution is 5.86. The number of esters is 1. The maximum atomic E-state index is 12.8. The van der Waals surface area contributed by atoms with Crippen molar-refractivity contribution >= 4 is 12.1 Å². The minimum absolute atomic E-state index is 0.275. The Morgan fingerprint density at radius 1 is 1.00 bits per heavy atom. The lowest BCUT2D eigenvalue weighted by atomic mass is 9.99. The fourth-order valence-electron chi connectivity index (χ4n) is 3.22. The fraction of sp³-hybridized carbons (Fsp3) is 0.333. The number of carbonyl (C=O) groups excluding carboxylic acids is 2. The van der Waals surface area contributed by atoms with Crippen LogP contribution in [0.5, 0.6) is 0 Å². The van der Waals surface area contributed by atoms with Gasteiger partial charge in [-0.1, -0.05) is 60.7 Å². The molecule has 1 heterocycles. The number of carbonyl (C=O) groups is 2. The molecule has 0 spiro atoms. The Hall–Kier alpha value is -2.82. The average molecular weight is 353 g/mol. The molecule has 0 radical (unpaired) electrons. The molecule has 2 unspecified atom stereocenters. The second kappa shape index (κ2) is 7.60. The molecule has 26 heavy (non-hydrogen) atoms. The van der Waals surface area contributed by atoms with Crippen LogP contribution in [-0.2, 0) is 14.3 Å². The van der Waals surface area contributed by atoms with Gasteiger partial charge in [0, 0.05) is 0 Å². The normalized spacial score (nSPS) is 20.8. The van der Waals surface area contributed by atoms with E-state index in [1.807, 2.05) is 67.6 Å². The van der Waals surface area contributed by atoms with Gasteiger partial charge in [0.2, 0.25) is 0 Å². The molecule has 0 aromatic heterocycles. The van der Waals surface area contributed by atoms with Gasteiger partial charge in [-0.25, -0.2) is 9.59 Å². The Bertz CT molecular complexity index is 760. The van der Waals surface area contributed by atoms with Gasteiger partial charge in [0.15, 0.2) is 12.1 Å². The molecule has 1 aliphatic heterocycles. The number of benzene rings is 2. The first-order valence-corrected chi connectivity index (χ1v) is 8.78. The summed E-state index contributed by atoms with van der Waals surface area (Å²) < 4.78 is 11.0. The maximum Gasteiger partial charge on any atom is 0.411 e. The molecule has 2 aromatic rings. The molecule has 1 fully saturated rings. The van der Waals surface area contributed by atoms with Crippen LogP contribution >= 0.6 is 0 Å². The summed E-state index contributed by atoms with van der Waals surface area (Å²) in [5, 5.41) is 0. The standard InChI is InChI=1S/C21H23NO4/c1-14(2)25-20(23)18-19(17-12-8-5-9-13-17)26-21(24)22(18)15(3)16-10-6-4-7-11-16/h4-15,18-19H,1-3H3/t15-,18?,19?/m0/s1. The Morgan fingerprint density at radius 3 is 2.15 bits per heavy atom. The second-order valence-electron chi connectivity index (χ2n) is 6.64. The molecule has 0 N–H and O–H groups in total. The van der Waals surface area contributed by atoms with Crippen molar-refractivity contribution in [3.05, 3.63) is 71.8 Å². The summed E-state index contributed by atoms with van der Waals surface area (Å²) in [6, 6.07) is 17.7. The highest BCUT2D eigenvalue weighted by Gasteiger charge is 2.50. The predicted molar refractivity (Wildman–Crippen MR) is 97.4 cm³/mol. The van der Waals surface area contributed by atoms with Crippen LogP contribution in [-0.4, -0.2) is 29.1 Å². The quantitative estimate of drug-likeness (QED) is 0.754. The van der Waals surface area contributed by atoms with Gasteiger partial charge in [0.1, 0.15) is 0 Å². The summed E-state index contributed by atoms with van der Waals surface area (Å²) in [6.07, 6.45) is -1.48. The van der Waals surface area contributed by atoms with E-state index < -0.39 is 24.2 Å². The smallest absolute Gasteiger partial charge is 0.411 e. The summed E-state index contributed by atoms with van der Waals surface area (Å²) in [6.45, 7) is 5.47. The topological polar surface area (TPSA) is 55.8 Å². The van der Waals surface area contributed by atoms with Crippen molar-refractivity contribution in [1.29, 1.82) is 0 Å². The van der Waals surface area contributed by atoms with Gasteiger partial charge >= 0.3 is 12.1 Å². The van der Waals surface area contributed by atoms with Gasteiger partial charge in [-0.15, -0.1) is 0 Å². The first-order chi connectivity index (χ1) is 12.5. The zero-order valence-corrected chi connectivity index (χ0v) is 15.2. The van der Waals surface area contributed by atoms with Gasteiger partial charge in [0.25, 0.3) is 0 Å². The van der Waals surface area contributed by atoms with Crippen LogP contribution in [0.2, 0.25) is 0 Å². The van der Waals surface area contributed by atoms with E-state index in [0.29, 0.717) is 0 Å². The third-order valence-corrected chi connectivity index (χ3v) is 4.45. The lowest BCUT2D eigenvalue weighted by Crippen LogP contribution is -2.43. The molecule has 3 atom stereocenters. The molecule has 1 amide bonds. The average Bonchev–Trinajstić information content (AvgIpc) is 2.99. The van der Waals surface area contributed by atoms with E-state index in [4.69, 9.17) is 9.47 Å².